The second kappa shape index (κ2) is 9.61. The maximum Gasteiger partial charge on any atom is 0.339 e. The minimum absolute atomic E-state index is 0.0898. The van der Waals surface area contributed by atoms with E-state index in [2.05, 4.69) is 18.7 Å². The number of esters is 2. The molecule has 10 heteroatoms. The monoisotopic (exact) mass is 545 g/mol. The van der Waals surface area contributed by atoms with E-state index in [0.29, 0.717) is 36.8 Å². The number of fused-ring (bicyclic) bond motifs is 1. The van der Waals surface area contributed by atoms with E-state index in [1.807, 2.05) is 12.1 Å². The third kappa shape index (κ3) is 4.13. The lowest BCUT2D eigenvalue weighted by molar-refractivity contribution is -0.284. The van der Waals surface area contributed by atoms with Crippen LogP contribution in [0.1, 0.15) is 81.9 Å². The second-order valence-corrected chi connectivity index (χ2v) is 12.2. The summed E-state index contributed by atoms with van der Waals surface area (Å²) < 4.78 is 35.5. The van der Waals surface area contributed by atoms with Gasteiger partial charge in [-0.15, -0.1) is 0 Å². The van der Waals surface area contributed by atoms with Gasteiger partial charge in [0.2, 0.25) is 12.6 Å². The van der Waals surface area contributed by atoms with Crippen molar-refractivity contribution in [3.05, 3.63) is 23.3 Å². The molecule has 214 valence electrons. The molecular formula is C29H39NO9. The minimum atomic E-state index is -2.02. The summed E-state index contributed by atoms with van der Waals surface area (Å²) in [6.07, 6.45) is 2.28. The quantitative estimate of drug-likeness (QED) is 0.464. The molecule has 2 saturated heterocycles. The zero-order chi connectivity index (χ0) is 27.6. The van der Waals surface area contributed by atoms with Crippen LogP contribution in [0.25, 0.3) is 0 Å². The van der Waals surface area contributed by atoms with E-state index in [4.69, 9.17) is 28.4 Å². The summed E-state index contributed by atoms with van der Waals surface area (Å²) in [7, 11) is 2.83. The third-order valence-corrected chi connectivity index (χ3v) is 9.52. The van der Waals surface area contributed by atoms with E-state index in [9.17, 15) is 14.7 Å². The summed E-state index contributed by atoms with van der Waals surface area (Å²) in [5, 5.41) is 11.6. The highest BCUT2D eigenvalue weighted by Crippen LogP contribution is 2.65. The van der Waals surface area contributed by atoms with E-state index in [1.54, 1.807) is 7.11 Å². The van der Waals surface area contributed by atoms with Crippen molar-refractivity contribution in [2.75, 3.05) is 34.1 Å². The standard InChI is InChI=1S/C29H39NO9/c1-17(2)7-5-9-28(33,13-23(31)34-3)26(32)38-25-24-19-12-21-20(36-16-37-21)11-18(19)22-14-30-10-6-8-27(24,30)15-29(25,35-4)39-22/h11-12,17,22,24-25,33H,5-10,13-16H2,1-4H3. The minimum Gasteiger partial charge on any atom is -0.469 e. The van der Waals surface area contributed by atoms with E-state index >= 15 is 0 Å². The van der Waals surface area contributed by atoms with Crippen LogP contribution >= 0.6 is 0 Å². The molecule has 0 amide bonds. The normalized spacial score (nSPS) is 33.4. The molecule has 7 rings (SSSR count). The molecule has 39 heavy (non-hydrogen) atoms. The van der Waals surface area contributed by atoms with E-state index < -0.39 is 35.9 Å². The number of nitrogens with zero attached hydrogens (tertiary/aromatic N) is 1. The van der Waals surface area contributed by atoms with Gasteiger partial charge in [-0.3, -0.25) is 9.69 Å². The van der Waals surface area contributed by atoms with Gasteiger partial charge < -0.3 is 33.5 Å². The predicted molar refractivity (Wildman–Crippen MR) is 137 cm³/mol. The SMILES string of the molecule is COC(=O)CC(O)(CCCC(C)C)C(=O)OC1C2c3cc4c(cc3C3CN5CCCC25CC1(OC)O3)OCO4. The Balaban J connectivity index is 1.41. The molecule has 6 unspecified atom stereocenters. The van der Waals surface area contributed by atoms with Crippen LogP contribution in [0.5, 0.6) is 11.5 Å². The van der Waals surface area contributed by atoms with Gasteiger partial charge >= 0.3 is 11.9 Å². The summed E-state index contributed by atoms with van der Waals surface area (Å²) in [5.74, 6) is -1.28. The molecule has 6 aliphatic rings. The van der Waals surface area contributed by atoms with Crippen LogP contribution in [0.3, 0.4) is 0 Å². The zero-order valence-electron chi connectivity index (χ0n) is 23.2. The lowest BCUT2D eigenvalue weighted by Gasteiger charge is -2.40. The number of hydrogen-bond donors (Lipinski definition) is 1. The fraction of sp³-hybridized carbons (Fsp3) is 0.724. The van der Waals surface area contributed by atoms with Crippen molar-refractivity contribution in [1.82, 2.24) is 4.90 Å². The van der Waals surface area contributed by atoms with Crippen LogP contribution in [0.2, 0.25) is 0 Å². The Kier molecular flexibility index (Phi) is 6.60. The van der Waals surface area contributed by atoms with Crippen molar-refractivity contribution < 1.29 is 43.1 Å². The predicted octanol–water partition coefficient (Wildman–Crippen LogP) is 3.20. The maximum absolute atomic E-state index is 13.9. The first kappa shape index (κ1) is 26.8. The Bertz CT molecular complexity index is 1160. The topological polar surface area (TPSA) is 113 Å². The van der Waals surface area contributed by atoms with Gasteiger partial charge in [0.1, 0.15) is 0 Å². The van der Waals surface area contributed by atoms with Crippen molar-refractivity contribution in [3.8, 4) is 11.5 Å². The molecule has 0 radical (unpaired) electrons. The van der Waals surface area contributed by atoms with Gasteiger partial charge in [0.05, 0.1) is 19.6 Å². The maximum atomic E-state index is 13.9. The summed E-state index contributed by atoms with van der Waals surface area (Å²) in [5.41, 5.74) is -0.377. The van der Waals surface area contributed by atoms with Gasteiger partial charge in [-0.1, -0.05) is 20.3 Å². The summed E-state index contributed by atoms with van der Waals surface area (Å²) in [6.45, 7) is 5.93. The van der Waals surface area contributed by atoms with E-state index in [0.717, 1.165) is 36.9 Å². The average Bonchev–Trinajstić information content (AvgIpc) is 3.52. The number of aliphatic hydroxyl groups is 1. The summed E-state index contributed by atoms with van der Waals surface area (Å²) in [6, 6.07) is 3.99. The number of rotatable bonds is 9. The molecule has 3 fully saturated rings. The molecule has 1 saturated carbocycles. The van der Waals surface area contributed by atoms with Gasteiger partial charge in [0, 0.05) is 31.5 Å². The molecule has 5 heterocycles. The number of hydrogen-bond acceptors (Lipinski definition) is 10. The lowest BCUT2D eigenvalue weighted by atomic mass is 9.78. The highest BCUT2D eigenvalue weighted by Gasteiger charge is 2.72. The Morgan fingerprint density at radius 1 is 1.21 bits per heavy atom. The van der Waals surface area contributed by atoms with Crippen LogP contribution in [-0.4, -0.2) is 79.1 Å². The molecule has 1 N–H and O–H groups in total. The number of benzene rings is 1. The highest BCUT2D eigenvalue weighted by molar-refractivity contribution is 5.86. The van der Waals surface area contributed by atoms with Gasteiger partial charge in [0.25, 0.3) is 0 Å². The number of ether oxygens (including phenoxy) is 6. The molecule has 5 aliphatic heterocycles. The fourth-order valence-electron chi connectivity index (χ4n) is 7.67. The Hall–Kier alpha value is -2.40. The van der Waals surface area contributed by atoms with Crippen molar-refractivity contribution in [2.45, 2.75) is 93.8 Å². The van der Waals surface area contributed by atoms with Crippen molar-refractivity contribution in [3.63, 3.8) is 0 Å². The molecule has 1 aromatic rings. The highest BCUT2D eigenvalue weighted by atomic mass is 16.7. The van der Waals surface area contributed by atoms with Crippen molar-refractivity contribution in [2.24, 2.45) is 5.92 Å². The molecule has 10 nitrogen and oxygen atoms in total. The van der Waals surface area contributed by atoms with E-state index in [-0.39, 0.29) is 30.8 Å². The first-order valence-corrected chi connectivity index (χ1v) is 14.1. The smallest absolute Gasteiger partial charge is 0.339 e. The Morgan fingerprint density at radius 3 is 2.64 bits per heavy atom. The first-order valence-electron chi connectivity index (χ1n) is 14.1. The van der Waals surface area contributed by atoms with Crippen LogP contribution < -0.4 is 9.47 Å². The van der Waals surface area contributed by atoms with Crippen LogP contribution in [0.15, 0.2) is 12.1 Å². The van der Waals surface area contributed by atoms with Crippen LogP contribution in [0.4, 0.5) is 0 Å². The Labute approximate surface area is 228 Å². The molecule has 1 aliphatic carbocycles. The third-order valence-electron chi connectivity index (χ3n) is 9.52. The average molecular weight is 546 g/mol. The molecule has 6 atom stereocenters. The van der Waals surface area contributed by atoms with Gasteiger partial charge in [-0.2, -0.15) is 0 Å². The van der Waals surface area contributed by atoms with Gasteiger partial charge in [-0.05, 0) is 61.4 Å². The number of methoxy groups -OCH3 is 2. The molecule has 1 aromatic carbocycles. The Morgan fingerprint density at radius 2 is 1.95 bits per heavy atom. The largest absolute Gasteiger partial charge is 0.469 e. The molecule has 0 aromatic heterocycles. The number of carbonyl (C=O) groups excluding carboxylic acids is 2. The van der Waals surface area contributed by atoms with E-state index in [1.165, 1.54) is 7.11 Å². The van der Waals surface area contributed by atoms with Crippen molar-refractivity contribution >= 4 is 11.9 Å². The van der Waals surface area contributed by atoms with Gasteiger partial charge in [-0.25, -0.2) is 4.79 Å². The zero-order valence-corrected chi connectivity index (χ0v) is 23.2. The van der Waals surface area contributed by atoms with Crippen LogP contribution in [-0.2, 0) is 28.5 Å². The lowest BCUT2D eigenvalue weighted by Crippen LogP contribution is -2.52. The van der Waals surface area contributed by atoms with Crippen LogP contribution in [0, 0.1) is 5.92 Å². The van der Waals surface area contributed by atoms with Crippen molar-refractivity contribution in [1.29, 1.82) is 0 Å². The molecule has 4 bridgehead atoms. The number of carbonyl (C=O) groups is 2. The summed E-state index contributed by atoms with van der Waals surface area (Å²) >= 11 is 0. The first-order chi connectivity index (χ1) is 18.6. The molecule has 1 spiro atoms. The summed E-state index contributed by atoms with van der Waals surface area (Å²) in [4.78, 5) is 28.7. The molecular weight excluding hydrogens is 506 g/mol. The van der Waals surface area contributed by atoms with Gasteiger partial charge in [0.15, 0.2) is 23.2 Å². The second-order valence-electron chi connectivity index (χ2n) is 12.2. The fourth-order valence-corrected chi connectivity index (χ4v) is 7.67.